The van der Waals surface area contributed by atoms with E-state index in [1.54, 1.807) is 13.0 Å². The van der Waals surface area contributed by atoms with E-state index in [-0.39, 0.29) is 31.2 Å². The quantitative estimate of drug-likeness (QED) is 0.640. The van der Waals surface area contributed by atoms with E-state index in [1.807, 2.05) is 54.6 Å². The lowest BCUT2D eigenvalue weighted by atomic mass is 10.0. The number of hydrogen-bond acceptors (Lipinski definition) is 5. The normalized spacial score (nSPS) is 18.2. The first-order valence-corrected chi connectivity index (χ1v) is 10.3. The first kappa shape index (κ1) is 20.8. The third-order valence-electron chi connectivity index (χ3n) is 5.41. The van der Waals surface area contributed by atoms with Crippen LogP contribution < -0.4 is 5.32 Å². The highest BCUT2D eigenvalue weighted by Crippen LogP contribution is 2.22. The van der Waals surface area contributed by atoms with Gasteiger partial charge in [-0.25, -0.2) is 0 Å². The molecule has 0 bridgehead atoms. The minimum absolute atomic E-state index is 0.0104. The van der Waals surface area contributed by atoms with Crippen molar-refractivity contribution in [1.29, 1.82) is 0 Å². The number of amides is 2. The predicted octanol–water partition coefficient (Wildman–Crippen LogP) is 2.47. The van der Waals surface area contributed by atoms with Gasteiger partial charge in [-0.2, -0.15) is 0 Å². The lowest BCUT2D eigenvalue weighted by Crippen LogP contribution is -2.46. The number of β-amino-alcohol motifs (C(OH)–C–C–N with tert-alkyl or cyclic N) is 1. The Kier molecular flexibility index (Phi) is 6.13. The van der Waals surface area contributed by atoms with Crippen LogP contribution in [0.3, 0.4) is 0 Å². The van der Waals surface area contributed by atoms with Crippen molar-refractivity contribution >= 4 is 11.8 Å². The minimum Gasteiger partial charge on any atom is -0.391 e. The number of benzene rings is 2. The van der Waals surface area contributed by atoms with Crippen molar-refractivity contribution < 1.29 is 19.2 Å². The largest absolute Gasteiger partial charge is 0.391 e. The molecule has 2 N–H and O–H groups in total. The van der Waals surface area contributed by atoms with Gasteiger partial charge in [-0.1, -0.05) is 53.7 Å². The maximum Gasteiger partial charge on any atom is 0.243 e. The Morgan fingerprint density at radius 1 is 1.13 bits per heavy atom. The Morgan fingerprint density at radius 2 is 1.90 bits per heavy atom. The summed E-state index contributed by atoms with van der Waals surface area (Å²) in [6, 6.07) is 19.0. The van der Waals surface area contributed by atoms with E-state index in [0.29, 0.717) is 18.0 Å². The highest BCUT2D eigenvalue weighted by molar-refractivity contribution is 5.89. The fourth-order valence-corrected chi connectivity index (χ4v) is 3.89. The van der Waals surface area contributed by atoms with Gasteiger partial charge in [0, 0.05) is 25.6 Å². The summed E-state index contributed by atoms with van der Waals surface area (Å²) in [7, 11) is 0. The SMILES string of the molecule is Cc1cc(CC(=O)N2CC(O)CC2C(=O)NCc2cccc(-c3ccccc3)c2)on1. The van der Waals surface area contributed by atoms with Gasteiger partial charge in [0.2, 0.25) is 11.8 Å². The zero-order valence-corrected chi connectivity index (χ0v) is 17.3. The van der Waals surface area contributed by atoms with Crippen LogP contribution in [-0.4, -0.2) is 45.7 Å². The fraction of sp³-hybridized carbons (Fsp3) is 0.292. The number of nitrogens with one attached hydrogen (secondary N) is 1. The van der Waals surface area contributed by atoms with Gasteiger partial charge >= 0.3 is 0 Å². The smallest absolute Gasteiger partial charge is 0.243 e. The van der Waals surface area contributed by atoms with Crippen molar-refractivity contribution in [2.24, 2.45) is 0 Å². The summed E-state index contributed by atoms with van der Waals surface area (Å²) in [4.78, 5) is 27.0. The van der Waals surface area contributed by atoms with Gasteiger partial charge in [0.05, 0.1) is 18.2 Å². The van der Waals surface area contributed by atoms with Crippen molar-refractivity contribution in [2.45, 2.75) is 38.5 Å². The Hall–Kier alpha value is -3.45. The number of aromatic nitrogens is 1. The number of aryl methyl sites for hydroxylation is 1. The van der Waals surface area contributed by atoms with E-state index in [2.05, 4.69) is 10.5 Å². The molecule has 2 heterocycles. The molecule has 0 aliphatic carbocycles. The van der Waals surface area contributed by atoms with E-state index >= 15 is 0 Å². The lowest BCUT2D eigenvalue weighted by Gasteiger charge is -2.23. The van der Waals surface area contributed by atoms with Crippen molar-refractivity contribution in [1.82, 2.24) is 15.4 Å². The van der Waals surface area contributed by atoms with Crippen molar-refractivity contribution in [3.05, 3.63) is 77.7 Å². The monoisotopic (exact) mass is 419 g/mol. The number of nitrogens with zero attached hydrogens (tertiary/aromatic N) is 2. The molecular formula is C24H25N3O4. The van der Waals surface area contributed by atoms with Crippen LogP contribution in [0.2, 0.25) is 0 Å². The van der Waals surface area contributed by atoms with Crippen molar-refractivity contribution in [3.8, 4) is 11.1 Å². The lowest BCUT2D eigenvalue weighted by molar-refractivity contribution is -0.138. The van der Waals surface area contributed by atoms with Crippen LogP contribution in [0.4, 0.5) is 0 Å². The molecule has 2 unspecified atom stereocenters. The number of rotatable bonds is 6. The van der Waals surface area contributed by atoms with Gasteiger partial charge in [-0.15, -0.1) is 0 Å². The number of likely N-dealkylation sites (tertiary alicyclic amines) is 1. The van der Waals surface area contributed by atoms with Crippen molar-refractivity contribution in [2.75, 3.05) is 6.54 Å². The maximum atomic E-state index is 12.8. The maximum absolute atomic E-state index is 12.8. The highest BCUT2D eigenvalue weighted by atomic mass is 16.5. The van der Waals surface area contributed by atoms with Gasteiger partial charge in [-0.05, 0) is 29.7 Å². The summed E-state index contributed by atoms with van der Waals surface area (Å²) in [6.07, 6.45) is -0.495. The minimum atomic E-state index is -0.724. The third-order valence-corrected chi connectivity index (χ3v) is 5.41. The molecule has 7 heteroatoms. The molecule has 0 radical (unpaired) electrons. The molecule has 3 aromatic rings. The second kappa shape index (κ2) is 9.14. The predicted molar refractivity (Wildman–Crippen MR) is 115 cm³/mol. The van der Waals surface area contributed by atoms with Crippen LogP contribution in [0.15, 0.2) is 65.2 Å². The molecule has 2 aromatic carbocycles. The molecule has 1 aromatic heterocycles. The fourth-order valence-electron chi connectivity index (χ4n) is 3.89. The first-order valence-electron chi connectivity index (χ1n) is 10.3. The van der Waals surface area contributed by atoms with Crippen LogP contribution >= 0.6 is 0 Å². The summed E-state index contributed by atoms with van der Waals surface area (Å²) >= 11 is 0. The Morgan fingerprint density at radius 3 is 2.65 bits per heavy atom. The standard InChI is InChI=1S/C24H25N3O4/c1-16-10-21(31-26-16)13-23(29)27-15-20(28)12-22(27)24(30)25-14-17-6-5-9-19(11-17)18-7-3-2-4-8-18/h2-11,20,22,28H,12-15H2,1H3,(H,25,30). The number of hydrogen-bond donors (Lipinski definition) is 2. The topological polar surface area (TPSA) is 95.7 Å². The van der Waals surface area contributed by atoms with Crippen LogP contribution in [0.25, 0.3) is 11.1 Å². The second-order valence-corrected chi connectivity index (χ2v) is 7.85. The summed E-state index contributed by atoms with van der Waals surface area (Å²) in [5.41, 5.74) is 3.83. The molecule has 0 saturated carbocycles. The molecule has 7 nitrogen and oxygen atoms in total. The van der Waals surface area contributed by atoms with E-state index in [0.717, 1.165) is 16.7 Å². The van der Waals surface area contributed by atoms with E-state index in [1.165, 1.54) is 4.90 Å². The zero-order valence-electron chi connectivity index (χ0n) is 17.3. The molecule has 2 atom stereocenters. The summed E-state index contributed by atoms with van der Waals surface area (Å²) in [5.74, 6) is -0.0940. The van der Waals surface area contributed by atoms with Gasteiger partial charge in [-0.3, -0.25) is 9.59 Å². The Balaban J connectivity index is 1.39. The molecule has 1 saturated heterocycles. The molecule has 1 fully saturated rings. The van der Waals surface area contributed by atoms with E-state index in [9.17, 15) is 14.7 Å². The molecule has 0 spiro atoms. The average Bonchev–Trinajstić information content (AvgIpc) is 3.38. The molecular weight excluding hydrogens is 394 g/mol. The first-order chi connectivity index (χ1) is 15.0. The van der Waals surface area contributed by atoms with Gasteiger partial charge in [0.25, 0.3) is 0 Å². The van der Waals surface area contributed by atoms with E-state index in [4.69, 9.17) is 4.52 Å². The molecule has 1 aliphatic rings. The van der Waals surface area contributed by atoms with Crippen LogP contribution in [0, 0.1) is 6.92 Å². The molecule has 160 valence electrons. The number of carbonyl (C=O) groups is 2. The molecule has 1 aliphatic heterocycles. The van der Waals surface area contributed by atoms with Crippen LogP contribution in [0.1, 0.15) is 23.4 Å². The van der Waals surface area contributed by atoms with Crippen LogP contribution in [-0.2, 0) is 22.6 Å². The van der Waals surface area contributed by atoms with E-state index < -0.39 is 12.1 Å². The second-order valence-electron chi connectivity index (χ2n) is 7.85. The summed E-state index contributed by atoms with van der Waals surface area (Å²) < 4.78 is 5.11. The number of aliphatic hydroxyl groups is 1. The highest BCUT2D eigenvalue weighted by Gasteiger charge is 2.38. The third kappa shape index (κ3) is 5.00. The van der Waals surface area contributed by atoms with Gasteiger partial charge in [0.15, 0.2) is 0 Å². The number of carbonyl (C=O) groups excluding carboxylic acids is 2. The molecule has 4 rings (SSSR count). The zero-order chi connectivity index (χ0) is 21.8. The van der Waals surface area contributed by atoms with Gasteiger partial charge < -0.3 is 19.8 Å². The Bertz CT molecular complexity index is 1060. The van der Waals surface area contributed by atoms with Crippen LogP contribution in [0.5, 0.6) is 0 Å². The summed E-state index contributed by atoms with van der Waals surface area (Å²) in [5, 5.41) is 16.8. The average molecular weight is 419 g/mol. The molecule has 2 amide bonds. The Labute approximate surface area is 180 Å². The molecule has 31 heavy (non-hydrogen) atoms. The summed E-state index contributed by atoms with van der Waals surface area (Å²) in [6.45, 7) is 2.25. The number of aliphatic hydroxyl groups excluding tert-OH is 1. The van der Waals surface area contributed by atoms with Gasteiger partial charge in [0.1, 0.15) is 11.8 Å². The van der Waals surface area contributed by atoms with Crippen molar-refractivity contribution in [3.63, 3.8) is 0 Å².